The topological polar surface area (TPSA) is 64.7 Å². The highest BCUT2D eigenvalue weighted by Gasteiger charge is 2.06. The second-order valence-electron chi connectivity index (χ2n) is 4.35. The molecule has 0 aliphatic heterocycles. The molecule has 4 heteroatoms. The summed E-state index contributed by atoms with van der Waals surface area (Å²) in [5.74, 6) is 1.63. The van der Waals surface area contributed by atoms with E-state index in [4.69, 9.17) is 5.73 Å². The number of fused-ring (bicyclic) bond motifs is 1. The van der Waals surface area contributed by atoms with Crippen molar-refractivity contribution in [3.05, 3.63) is 48.3 Å². The highest BCUT2D eigenvalue weighted by molar-refractivity contribution is 5.86. The zero-order valence-corrected chi connectivity index (χ0v) is 10.7. The third-order valence-corrected chi connectivity index (χ3v) is 3.02. The van der Waals surface area contributed by atoms with E-state index in [0.717, 1.165) is 23.2 Å². The smallest absolute Gasteiger partial charge is 0.223 e. The molecule has 0 spiro atoms. The number of hydrogen-bond acceptors (Lipinski definition) is 4. The largest absolute Gasteiger partial charge is 0.368 e. The fraction of sp³-hybridized carbons (Fsp3) is 0.133. The molecule has 0 amide bonds. The lowest BCUT2D eigenvalue weighted by atomic mass is 10.1. The summed E-state index contributed by atoms with van der Waals surface area (Å²) in [6, 6.07) is 14.3. The predicted octanol–water partition coefficient (Wildman–Crippen LogP) is 2.84. The van der Waals surface area contributed by atoms with Crippen LogP contribution in [-0.2, 0) is 6.42 Å². The summed E-state index contributed by atoms with van der Waals surface area (Å²) < 4.78 is 0. The van der Waals surface area contributed by atoms with Crippen LogP contribution < -0.4 is 5.73 Å². The standard InChI is InChI=1S/C15H14N4/c1-2-13-17-14(19-15(16)18-13)12-8-7-10-5-3-4-6-11(10)9-12/h3-9H,2H2,1H3,(H2,16,17,18,19). The van der Waals surface area contributed by atoms with Crippen molar-refractivity contribution in [3.63, 3.8) is 0 Å². The third-order valence-electron chi connectivity index (χ3n) is 3.02. The van der Waals surface area contributed by atoms with Crippen LogP contribution in [-0.4, -0.2) is 15.0 Å². The molecule has 0 aliphatic rings. The van der Waals surface area contributed by atoms with Gasteiger partial charge in [0.15, 0.2) is 5.82 Å². The number of nitrogens with two attached hydrogens (primary N) is 1. The summed E-state index contributed by atoms with van der Waals surface area (Å²) in [6.07, 6.45) is 0.743. The maximum Gasteiger partial charge on any atom is 0.223 e. The maximum atomic E-state index is 5.72. The monoisotopic (exact) mass is 250 g/mol. The maximum absolute atomic E-state index is 5.72. The van der Waals surface area contributed by atoms with Gasteiger partial charge in [-0.15, -0.1) is 0 Å². The van der Waals surface area contributed by atoms with Crippen LogP contribution in [0.3, 0.4) is 0 Å². The Hall–Kier alpha value is -2.49. The van der Waals surface area contributed by atoms with Gasteiger partial charge in [0.05, 0.1) is 0 Å². The van der Waals surface area contributed by atoms with Gasteiger partial charge in [-0.25, -0.2) is 4.98 Å². The molecule has 2 N–H and O–H groups in total. The Kier molecular flexibility index (Phi) is 2.83. The minimum Gasteiger partial charge on any atom is -0.368 e. The van der Waals surface area contributed by atoms with Crippen molar-refractivity contribution in [2.24, 2.45) is 0 Å². The van der Waals surface area contributed by atoms with Crippen LogP contribution in [0.25, 0.3) is 22.2 Å². The van der Waals surface area contributed by atoms with Gasteiger partial charge >= 0.3 is 0 Å². The number of nitrogens with zero attached hydrogens (tertiary/aromatic N) is 3. The summed E-state index contributed by atoms with van der Waals surface area (Å²) in [5, 5.41) is 2.36. The lowest BCUT2D eigenvalue weighted by Crippen LogP contribution is -2.04. The Morgan fingerprint density at radius 2 is 1.74 bits per heavy atom. The molecule has 0 saturated carbocycles. The average molecular weight is 250 g/mol. The van der Waals surface area contributed by atoms with E-state index in [1.54, 1.807) is 0 Å². The van der Waals surface area contributed by atoms with Crippen molar-refractivity contribution < 1.29 is 0 Å². The van der Waals surface area contributed by atoms with E-state index in [1.807, 2.05) is 25.1 Å². The second kappa shape index (κ2) is 4.65. The highest BCUT2D eigenvalue weighted by Crippen LogP contribution is 2.22. The van der Waals surface area contributed by atoms with Crippen LogP contribution in [0.4, 0.5) is 5.95 Å². The van der Waals surface area contributed by atoms with Gasteiger partial charge in [0.1, 0.15) is 5.82 Å². The average Bonchev–Trinajstić information content (AvgIpc) is 2.46. The summed E-state index contributed by atoms with van der Waals surface area (Å²) in [7, 11) is 0. The highest BCUT2D eigenvalue weighted by atomic mass is 15.1. The quantitative estimate of drug-likeness (QED) is 0.759. The molecular formula is C15H14N4. The lowest BCUT2D eigenvalue weighted by molar-refractivity contribution is 0.913. The number of benzene rings is 2. The molecule has 0 saturated heterocycles. The van der Waals surface area contributed by atoms with E-state index in [9.17, 15) is 0 Å². The molecule has 19 heavy (non-hydrogen) atoms. The first-order valence-corrected chi connectivity index (χ1v) is 6.26. The van der Waals surface area contributed by atoms with E-state index in [2.05, 4.69) is 39.2 Å². The molecular weight excluding hydrogens is 236 g/mol. The number of aryl methyl sites for hydroxylation is 1. The second-order valence-corrected chi connectivity index (χ2v) is 4.35. The lowest BCUT2D eigenvalue weighted by Gasteiger charge is -2.05. The van der Waals surface area contributed by atoms with E-state index in [0.29, 0.717) is 5.82 Å². The van der Waals surface area contributed by atoms with Crippen molar-refractivity contribution in [2.45, 2.75) is 13.3 Å². The van der Waals surface area contributed by atoms with Crippen LogP contribution in [0.1, 0.15) is 12.7 Å². The minimum absolute atomic E-state index is 0.273. The van der Waals surface area contributed by atoms with Gasteiger partial charge in [-0.1, -0.05) is 43.3 Å². The minimum atomic E-state index is 0.273. The van der Waals surface area contributed by atoms with Crippen LogP contribution in [0.15, 0.2) is 42.5 Å². The predicted molar refractivity (Wildman–Crippen MR) is 76.6 cm³/mol. The van der Waals surface area contributed by atoms with Crippen LogP contribution in [0.5, 0.6) is 0 Å². The molecule has 0 radical (unpaired) electrons. The fourth-order valence-electron chi connectivity index (χ4n) is 2.05. The third kappa shape index (κ3) is 2.25. The molecule has 1 aromatic heterocycles. The van der Waals surface area contributed by atoms with Crippen molar-refractivity contribution >= 4 is 16.7 Å². The summed E-state index contributed by atoms with van der Waals surface area (Å²) in [6.45, 7) is 2.00. The summed E-state index contributed by atoms with van der Waals surface area (Å²) >= 11 is 0. The Labute approximate surface area is 111 Å². The molecule has 4 nitrogen and oxygen atoms in total. The molecule has 3 aromatic rings. The molecule has 0 fully saturated rings. The molecule has 0 bridgehead atoms. The van der Waals surface area contributed by atoms with Crippen molar-refractivity contribution in [1.29, 1.82) is 0 Å². The molecule has 1 heterocycles. The van der Waals surface area contributed by atoms with Gasteiger partial charge in [0.25, 0.3) is 0 Å². The van der Waals surface area contributed by atoms with Gasteiger partial charge in [0.2, 0.25) is 5.95 Å². The Morgan fingerprint density at radius 1 is 0.947 bits per heavy atom. The molecule has 3 rings (SSSR count). The summed E-state index contributed by atoms with van der Waals surface area (Å²) in [5.41, 5.74) is 6.68. The molecule has 0 aliphatic carbocycles. The molecule has 0 unspecified atom stereocenters. The van der Waals surface area contributed by atoms with E-state index < -0.39 is 0 Å². The Morgan fingerprint density at radius 3 is 2.53 bits per heavy atom. The molecule has 94 valence electrons. The van der Waals surface area contributed by atoms with Crippen LogP contribution >= 0.6 is 0 Å². The first-order valence-electron chi connectivity index (χ1n) is 6.26. The molecule has 0 atom stereocenters. The number of aromatic nitrogens is 3. The first kappa shape index (κ1) is 11.6. The summed E-state index contributed by atoms with van der Waals surface area (Å²) in [4.78, 5) is 12.7. The van der Waals surface area contributed by atoms with Crippen molar-refractivity contribution in [1.82, 2.24) is 15.0 Å². The number of rotatable bonds is 2. The van der Waals surface area contributed by atoms with Gasteiger partial charge in [-0.3, -0.25) is 0 Å². The number of nitrogen functional groups attached to an aromatic ring is 1. The van der Waals surface area contributed by atoms with Crippen LogP contribution in [0.2, 0.25) is 0 Å². The van der Waals surface area contributed by atoms with Crippen molar-refractivity contribution in [2.75, 3.05) is 5.73 Å². The van der Waals surface area contributed by atoms with Gasteiger partial charge in [-0.05, 0) is 16.8 Å². The van der Waals surface area contributed by atoms with E-state index in [1.165, 1.54) is 5.39 Å². The van der Waals surface area contributed by atoms with E-state index in [-0.39, 0.29) is 5.95 Å². The SMILES string of the molecule is CCc1nc(N)nc(-c2ccc3ccccc3c2)n1. The fourth-order valence-corrected chi connectivity index (χ4v) is 2.05. The number of anilines is 1. The van der Waals surface area contributed by atoms with Crippen molar-refractivity contribution in [3.8, 4) is 11.4 Å². The van der Waals surface area contributed by atoms with Gasteiger partial charge in [-0.2, -0.15) is 9.97 Å². The van der Waals surface area contributed by atoms with Crippen LogP contribution in [0, 0.1) is 0 Å². The van der Waals surface area contributed by atoms with Gasteiger partial charge in [0, 0.05) is 12.0 Å². The Balaban J connectivity index is 2.15. The normalized spacial score (nSPS) is 10.8. The zero-order chi connectivity index (χ0) is 13.2. The zero-order valence-electron chi connectivity index (χ0n) is 10.7. The van der Waals surface area contributed by atoms with E-state index >= 15 is 0 Å². The van der Waals surface area contributed by atoms with Gasteiger partial charge < -0.3 is 5.73 Å². The Bertz CT molecular complexity index is 737. The number of hydrogen-bond donors (Lipinski definition) is 1. The molecule has 2 aromatic carbocycles. The first-order chi connectivity index (χ1) is 9.26.